The summed E-state index contributed by atoms with van der Waals surface area (Å²) >= 11 is 0. The number of carbonyl (C=O) groups excluding carboxylic acids is 2. The number of piperidine rings is 1. The highest BCUT2D eigenvalue weighted by atomic mass is 16.5. The average Bonchev–Trinajstić information content (AvgIpc) is 3.56. The van der Waals surface area contributed by atoms with Crippen molar-refractivity contribution in [2.75, 3.05) is 26.2 Å². The second-order valence-electron chi connectivity index (χ2n) is 12.6. The molecule has 2 aromatic heterocycles. The third-order valence-corrected chi connectivity index (χ3v) is 9.04. The molecule has 1 atom stereocenters. The fourth-order valence-corrected chi connectivity index (χ4v) is 6.15. The number of carbonyl (C=O) groups is 2. The van der Waals surface area contributed by atoms with E-state index >= 15 is 0 Å². The van der Waals surface area contributed by atoms with E-state index in [2.05, 4.69) is 42.2 Å². The Bertz CT molecular complexity index is 1500. The number of hydrogen-bond donors (Lipinski definition) is 1. The molecule has 1 amide bonds. The van der Waals surface area contributed by atoms with Crippen molar-refractivity contribution in [1.82, 2.24) is 24.8 Å². The molecule has 5 heterocycles. The van der Waals surface area contributed by atoms with Crippen molar-refractivity contribution in [3.05, 3.63) is 71.5 Å². The molecular formula is C33H41N7O5. The first-order valence-corrected chi connectivity index (χ1v) is 15.9. The maximum absolute atomic E-state index is 13.0. The summed E-state index contributed by atoms with van der Waals surface area (Å²) in [6.07, 6.45) is 9.11. The van der Waals surface area contributed by atoms with Crippen LogP contribution < -0.4 is 4.74 Å². The Morgan fingerprint density at radius 1 is 1.11 bits per heavy atom. The Morgan fingerprint density at radius 2 is 1.96 bits per heavy atom. The number of Topliss-reactive ketones (excluding diaryl/α,β-unsaturated/α-hetero) is 1. The number of amides is 1. The number of oxazole rings is 1. The fraction of sp³-hybridized carbons (Fsp3) is 0.545. The van der Waals surface area contributed by atoms with Crippen LogP contribution in [-0.2, 0) is 30.8 Å². The second-order valence-corrected chi connectivity index (χ2v) is 12.6. The van der Waals surface area contributed by atoms with Crippen LogP contribution in [0, 0.1) is 5.92 Å². The first-order chi connectivity index (χ1) is 21.8. The SMILES string of the molecule is CC1(CCC(=O)N2CCC(Cc3cc(C(=O)CC[C@H](O)CN4CCc5cc(OCc6cnco6)ccc5C4)ncn3)CC2)N=N1. The average molecular weight is 616 g/mol. The van der Waals surface area contributed by atoms with Gasteiger partial charge in [0.2, 0.25) is 5.91 Å². The Labute approximate surface area is 262 Å². The largest absolute Gasteiger partial charge is 0.486 e. The van der Waals surface area contributed by atoms with E-state index in [-0.39, 0.29) is 23.8 Å². The van der Waals surface area contributed by atoms with E-state index in [0.29, 0.717) is 49.8 Å². The number of β-amino-alcohol motifs (C(OH)–C–C–N with tert-alkyl or cyclic N) is 1. The van der Waals surface area contributed by atoms with Gasteiger partial charge in [-0.05, 0) is 74.3 Å². The normalized spacial score (nSPS) is 18.4. The van der Waals surface area contributed by atoms with E-state index in [4.69, 9.17) is 9.15 Å². The van der Waals surface area contributed by atoms with Crippen LogP contribution in [0.1, 0.15) is 78.5 Å². The van der Waals surface area contributed by atoms with Crippen molar-refractivity contribution in [3.63, 3.8) is 0 Å². The van der Waals surface area contributed by atoms with Crippen molar-refractivity contribution >= 4 is 11.7 Å². The third-order valence-electron chi connectivity index (χ3n) is 9.04. The number of aromatic nitrogens is 3. The Balaban J connectivity index is 0.907. The molecule has 0 unspecified atom stereocenters. The van der Waals surface area contributed by atoms with Crippen LogP contribution in [0.15, 0.2) is 57.8 Å². The number of ether oxygens (including phenoxy) is 1. The second kappa shape index (κ2) is 13.9. The van der Waals surface area contributed by atoms with Crippen LogP contribution in [0.25, 0.3) is 0 Å². The summed E-state index contributed by atoms with van der Waals surface area (Å²) in [6.45, 7) is 5.85. The zero-order chi connectivity index (χ0) is 31.2. The standard InChI is InChI=1S/C33H41N7O5/c1-33(37-38-33)10-6-32(43)40-12-7-23(8-13-40)14-26-16-30(36-21-35-26)31(42)5-3-27(41)19-39-11-9-24-15-28(4-2-25(24)18-39)44-20-29-17-34-22-45-29/h2,4,15-17,21-23,27,41H,3,5-14,18-20H2,1H3/t27-/m0/s1. The van der Waals surface area contributed by atoms with Gasteiger partial charge in [-0.3, -0.25) is 14.5 Å². The van der Waals surface area contributed by atoms with Crippen LogP contribution in [0.2, 0.25) is 0 Å². The number of fused-ring (bicyclic) bond motifs is 1. The van der Waals surface area contributed by atoms with Crippen molar-refractivity contribution < 1.29 is 23.8 Å². The van der Waals surface area contributed by atoms with Crippen LogP contribution in [-0.4, -0.2) is 79.5 Å². The predicted octanol–water partition coefficient (Wildman–Crippen LogP) is 4.17. The molecule has 12 nitrogen and oxygen atoms in total. The van der Waals surface area contributed by atoms with Crippen molar-refractivity contribution in [2.24, 2.45) is 16.1 Å². The third kappa shape index (κ3) is 8.58. The molecule has 1 fully saturated rings. The van der Waals surface area contributed by atoms with Gasteiger partial charge in [-0.15, -0.1) is 0 Å². The van der Waals surface area contributed by atoms with E-state index in [1.54, 1.807) is 12.3 Å². The number of rotatable bonds is 14. The minimum absolute atomic E-state index is 0.0807. The molecule has 3 aromatic rings. The minimum atomic E-state index is -0.606. The summed E-state index contributed by atoms with van der Waals surface area (Å²) in [5.41, 5.74) is 3.38. The van der Waals surface area contributed by atoms with Gasteiger partial charge in [0.25, 0.3) is 0 Å². The predicted molar refractivity (Wildman–Crippen MR) is 163 cm³/mol. The van der Waals surface area contributed by atoms with Crippen LogP contribution >= 0.6 is 0 Å². The number of aliphatic hydroxyl groups excluding tert-OH is 1. The Morgan fingerprint density at radius 3 is 2.73 bits per heavy atom. The van der Waals surface area contributed by atoms with Gasteiger partial charge in [0.15, 0.2) is 23.6 Å². The number of likely N-dealkylation sites (tertiary alicyclic amines) is 1. The molecule has 1 aromatic carbocycles. The topological polar surface area (TPSA) is 147 Å². The molecule has 238 valence electrons. The van der Waals surface area contributed by atoms with E-state index in [0.717, 1.165) is 63.3 Å². The molecule has 0 radical (unpaired) electrons. The number of ketones is 1. The molecule has 0 spiro atoms. The van der Waals surface area contributed by atoms with E-state index < -0.39 is 6.10 Å². The zero-order valence-corrected chi connectivity index (χ0v) is 25.8. The van der Waals surface area contributed by atoms with Crippen LogP contribution in [0.3, 0.4) is 0 Å². The van der Waals surface area contributed by atoms with E-state index in [1.165, 1.54) is 23.8 Å². The monoisotopic (exact) mass is 615 g/mol. The molecule has 6 rings (SSSR count). The zero-order valence-electron chi connectivity index (χ0n) is 25.8. The summed E-state index contributed by atoms with van der Waals surface area (Å²) in [7, 11) is 0. The molecule has 0 bridgehead atoms. The Kier molecular flexibility index (Phi) is 9.60. The highest BCUT2D eigenvalue weighted by Gasteiger charge is 2.35. The van der Waals surface area contributed by atoms with Gasteiger partial charge in [0.05, 0.1) is 12.3 Å². The van der Waals surface area contributed by atoms with Crippen molar-refractivity contribution in [3.8, 4) is 5.75 Å². The van der Waals surface area contributed by atoms with Gasteiger partial charge >= 0.3 is 0 Å². The van der Waals surface area contributed by atoms with Crippen LogP contribution in [0.4, 0.5) is 0 Å². The highest BCUT2D eigenvalue weighted by Crippen LogP contribution is 2.32. The smallest absolute Gasteiger partial charge is 0.222 e. The summed E-state index contributed by atoms with van der Waals surface area (Å²) in [5.74, 6) is 1.98. The highest BCUT2D eigenvalue weighted by molar-refractivity contribution is 5.94. The maximum Gasteiger partial charge on any atom is 0.222 e. The van der Waals surface area contributed by atoms with Gasteiger partial charge in [0.1, 0.15) is 24.4 Å². The molecule has 1 N–H and O–H groups in total. The minimum Gasteiger partial charge on any atom is -0.486 e. The molecule has 45 heavy (non-hydrogen) atoms. The van der Waals surface area contributed by atoms with Gasteiger partial charge in [-0.2, -0.15) is 10.2 Å². The quantitative estimate of drug-likeness (QED) is 0.264. The summed E-state index contributed by atoms with van der Waals surface area (Å²) in [4.78, 5) is 42.2. The lowest BCUT2D eigenvalue weighted by atomic mass is 9.91. The van der Waals surface area contributed by atoms with E-state index in [1.807, 2.05) is 17.9 Å². The van der Waals surface area contributed by atoms with Crippen molar-refractivity contribution in [1.29, 1.82) is 0 Å². The number of benzene rings is 1. The molecule has 0 saturated carbocycles. The summed E-state index contributed by atoms with van der Waals surface area (Å²) in [6, 6.07) is 7.90. The fourth-order valence-electron chi connectivity index (χ4n) is 6.15. The number of nitrogens with zero attached hydrogens (tertiary/aromatic N) is 7. The first kappa shape index (κ1) is 31.0. The lowest BCUT2D eigenvalue weighted by molar-refractivity contribution is -0.132. The molecule has 0 aliphatic carbocycles. The molecule has 3 aliphatic heterocycles. The van der Waals surface area contributed by atoms with Crippen LogP contribution in [0.5, 0.6) is 5.75 Å². The molecular weight excluding hydrogens is 574 g/mol. The lowest BCUT2D eigenvalue weighted by Crippen LogP contribution is -2.39. The van der Waals surface area contributed by atoms with Crippen molar-refractivity contribution in [2.45, 2.75) is 83.2 Å². The summed E-state index contributed by atoms with van der Waals surface area (Å²) < 4.78 is 11.1. The Hall–Kier alpha value is -4.03. The molecule has 1 saturated heterocycles. The molecule has 12 heteroatoms. The van der Waals surface area contributed by atoms with Gasteiger partial charge in [-0.25, -0.2) is 15.0 Å². The van der Waals surface area contributed by atoms with E-state index in [9.17, 15) is 14.7 Å². The van der Waals surface area contributed by atoms with Gasteiger partial charge < -0.3 is 19.2 Å². The maximum atomic E-state index is 13.0. The van der Waals surface area contributed by atoms with Gasteiger partial charge in [0, 0.05) is 57.7 Å². The number of aliphatic hydroxyl groups is 1. The van der Waals surface area contributed by atoms with Gasteiger partial charge in [-0.1, -0.05) is 6.07 Å². The molecule has 3 aliphatic rings. The summed E-state index contributed by atoms with van der Waals surface area (Å²) in [5, 5.41) is 18.7. The lowest BCUT2D eigenvalue weighted by Gasteiger charge is -2.32. The number of hydrogen-bond acceptors (Lipinski definition) is 11. The first-order valence-electron chi connectivity index (χ1n) is 15.9.